The summed E-state index contributed by atoms with van der Waals surface area (Å²) in [6.07, 6.45) is 0. The van der Waals surface area contributed by atoms with Gasteiger partial charge in [0.1, 0.15) is 0 Å². The van der Waals surface area contributed by atoms with E-state index in [1.165, 1.54) is 0 Å². The maximum atomic E-state index is 11.8. The highest BCUT2D eigenvalue weighted by Gasteiger charge is 2.34. The molecule has 1 atom stereocenters. The molecule has 1 amide bonds. The number of nitrogens with two attached hydrogens (primary N) is 1. The number of amides is 1. The quantitative estimate of drug-likeness (QED) is 0.718. The van der Waals surface area contributed by atoms with Gasteiger partial charge in [0, 0.05) is 19.3 Å². The van der Waals surface area contributed by atoms with Crippen LogP contribution >= 0.6 is 0 Å². The minimum atomic E-state index is -0.142. The first-order chi connectivity index (χ1) is 6.66. The van der Waals surface area contributed by atoms with E-state index in [1.807, 2.05) is 25.1 Å². The van der Waals surface area contributed by atoms with Crippen molar-refractivity contribution in [1.29, 1.82) is 0 Å². The normalized spacial score (nSPS) is 20.1. The molecule has 0 fully saturated rings. The Bertz CT molecular complexity index is 387. The zero-order valence-corrected chi connectivity index (χ0v) is 8.45. The topological polar surface area (TPSA) is 46.3 Å². The molecular formula is C11H14N2O. The zero-order valence-electron chi connectivity index (χ0n) is 8.45. The molecule has 2 N–H and O–H groups in total. The van der Waals surface area contributed by atoms with Crippen LogP contribution in [0, 0.1) is 6.92 Å². The number of nitrogens with zero attached hydrogens (tertiary/aromatic N) is 1. The van der Waals surface area contributed by atoms with Crippen molar-refractivity contribution in [2.45, 2.75) is 12.8 Å². The summed E-state index contributed by atoms with van der Waals surface area (Å²) in [5, 5.41) is 0. The Morgan fingerprint density at radius 2 is 2.21 bits per heavy atom. The van der Waals surface area contributed by atoms with Gasteiger partial charge in [-0.25, -0.2) is 0 Å². The maximum absolute atomic E-state index is 11.8. The van der Waals surface area contributed by atoms with Crippen LogP contribution in [-0.2, 0) is 4.79 Å². The van der Waals surface area contributed by atoms with Crippen molar-refractivity contribution >= 4 is 11.6 Å². The first-order valence-electron chi connectivity index (χ1n) is 4.74. The predicted octanol–water partition coefficient (Wildman–Crippen LogP) is 1.01. The smallest absolute Gasteiger partial charge is 0.235 e. The van der Waals surface area contributed by atoms with Crippen molar-refractivity contribution in [3.63, 3.8) is 0 Å². The molecule has 74 valence electrons. The molecule has 3 heteroatoms. The molecule has 0 radical (unpaired) electrons. The lowest BCUT2D eigenvalue weighted by Gasteiger charge is -2.09. The Hall–Kier alpha value is -1.35. The highest BCUT2D eigenvalue weighted by Crippen LogP contribution is 2.37. The van der Waals surface area contributed by atoms with Crippen LogP contribution in [0.2, 0.25) is 0 Å². The number of rotatable bonds is 1. The second-order valence-electron chi connectivity index (χ2n) is 3.69. The summed E-state index contributed by atoms with van der Waals surface area (Å²) in [5.74, 6) is -0.0343. The summed E-state index contributed by atoms with van der Waals surface area (Å²) >= 11 is 0. The van der Waals surface area contributed by atoms with Gasteiger partial charge in [-0.05, 0) is 24.1 Å². The number of benzene rings is 1. The molecule has 3 nitrogen and oxygen atoms in total. The van der Waals surface area contributed by atoms with Crippen LogP contribution in [0.15, 0.2) is 18.2 Å². The van der Waals surface area contributed by atoms with Crippen molar-refractivity contribution in [2.24, 2.45) is 5.73 Å². The van der Waals surface area contributed by atoms with Gasteiger partial charge in [0.25, 0.3) is 0 Å². The number of hydrogen-bond acceptors (Lipinski definition) is 2. The lowest BCUT2D eigenvalue weighted by atomic mass is 9.96. The number of likely N-dealkylation sites (N-methyl/N-ethyl adjacent to an activating group) is 1. The fourth-order valence-electron chi connectivity index (χ4n) is 2.11. The Labute approximate surface area is 83.5 Å². The minimum Gasteiger partial charge on any atom is -0.329 e. The van der Waals surface area contributed by atoms with Crippen molar-refractivity contribution in [3.05, 3.63) is 29.3 Å². The molecule has 0 saturated heterocycles. The molecule has 14 heavy (non-hydrogen) atoms. The summed E-state index contributed by atoms with van der Waals surface area (Å²) in [4.78, 5) is 13.5. The molecule has 1 aliphatic heterocycles. The second kappa shape index (κ2) is 3.10. The van der Waals surface area contributed by atoms with Gasteiger partial charge in [0.15, 0.2) is 0 Å². The minimum absolute atomic E-state index is 0.108. The average Bonchev–Trinajstić information content (AvgIpc) is 2.43. The summed E-state index contributed by atoms with van der Waals surface area (Å²) in [5.41, 5.74) is 8.88. The first-order valence-corrected chi connectivity index (χ1v) is 4.74. The van der Waals surface area contributed by atoms with E-state index in [0.717, 1.165) is 16.8 Å². The highest BCUT2D eigenvalue weighted by atomic mass is 16.2. The van der Waals surface area contributed by atoms with Gasteiger partial charge >= 0.3 is 0 Å². The van der Waals surface area contributed by atoms with Crippen molar-refractivity contribution < 1.29 is 4.79 Å². The zero-order chi connectivity index (χ0) is 10.3. The molecule has 0 spiro atoms. The Kier molecular flexibility index (Phi) is 2.04. The van der Waals surface area contributed by atoms with E-state index in [1.54, 1.807) is 11.9 Å². The second-order valence-corrected chi connectivity index (χ2v) is 3.69. The lowest BCUT2D eigenvalue weighted by molar-refractivity contribution is -0.118. The molecule has 0 aliphatic carbocycles. The van der Waals surface area contributed by atoms with Gasteiger partial charge in [-0.1, -0.05) is 12.1 Å². The fraction of sp³-hybridized carbons (Fsp3) is 0.364. The van der Waals surface area contributed by atoms with E-state index >= 15 is 0 Å². The standard InChI is InChI=1S/C11H14N2O/c1-7-4-3-5-9-10(7)8(6-12)11(14)13(9)2/h3-5,8H,6,12H2,1-2H3. The molecule has 1 aromatic carbocycles. The van der Waals surface area contributed by atoms with Crippen molar-refractivity contribution in [2.75, 3.05) is 18.5 Å². The number of carbonyl (C=O) groups excluding carboxylic acids is 1. The van der Waals surface area contributed by atoms with Crippen molar-refractivity contribution in [3.8, 4) is 0 Å². The third kappa shape index (κ3) is 1.06. The first kappa shape index (κ1) is 9.21. The van der Waals surface area contributed by atoms with Gasteiger partial charge in [-0.3, -0.25) is 4.79 Å². The molecule has 0 saturated carbocycles. The highest BCUT2D eigenvalue weighted by molar-refractivity contribution is 6.05. The van der Waals surface area contributed by atoms with E-state index in [4.69, 9.17) is 5.73 Å². The molecule has 2 rings (SSSR count). The number of aryl methyl sites for hydroxylation is 1. The lowest BCUT2D eigenvalue weighted by Crippen LogP contribution is -2.27. The third-order valence-corrected chi connectivity index (χ3v) is 2.88. The SMILES string of the molecule is Cc1cccc2c1C(CN)C(=O)N2C. The van der Waals surface area contributed by atoms with Gasteiger partial charge in [0.2, 0.25) is 5.91 Å². The molecule has 1 heterocycles. The van der Waals surface area contributed by atoms with Crippen LogP contribution in [0.4, 0.5) is 5.69 Å². The molecular weight excluding hydrogens is 176 g/mol. The summed E-state index contributed by atoms with van der Waals surface area (Å²) in [6.45, 7) is 2.41. The summed E-state index contributed by atoms with van der Waals surface area (Å²) in [7, 11) is 1.80. The summed E-state index contributed by atoms with van der Waals surface area (Å²) in [6, 6.07) is 5.96. The van der Waals surface area contributed by atoms with E-state index in [2.05, 4.69) is 0 Å². The van der Waals surface area contributed by atoms with Crippen LogP contribution in [0.5, 0.6) is 0 Å². The van der Waals surface area contributed by atoms with Gasteiger partial charge in [-0.15, -0.1) is 0 Å². The van der Waals surface area contributed by atoms with E-state index in [9.17, 15) is 4.79 Å². The molecule has 1 aliphatic rings. The van der Waals surface area contributed by atoms with Crippen LogP contribution in [0.3, 0.4) is 0 Å². The van der Waals surface area contributed by atoms with Gasteiger partial charge < -0.3 is 10.6 Å². The van der Waals surface area contributed by atoms with E-state index < -0.39 is 0 Å². The number of hydrogen-bond donors (Lipinski definition) is 1. The maximum Gasteiger partial charge on any atom is 0.235 e. The van der Waals surface area contributed by atoms with Gasteiger partial charge in [0.05, 0.1) is 5.92 Å². The Morgan fingerprint density at radius 1 is 1.50 bits per heavy atom. The number of carbonyl (C=O) groups is 1. The van der Waals surface area contributed by atoms with Crippen LogP contribution in [0.1, 0.15) is 17.0 Å². The molecule has 0 aromatic heterocycles. The molecule has 0 bridgehead atoms. The monoisotopic (exact) mass is 190 g/mol. The van der Waals surface area contributed by atoms with Crippen LogP contribution in [0.25, 0.3) is 0 Å². The Morgan fingerprint density at radius 3 is 2.86 bits per heavy atom. The fourth-order valence-corrected chi connectivity index (χ4v) is 2.11. The number of anilines is 1. The van der Waals surface area contributed by atoms with Crippen LogP contribution < -0.4 is 10.6 Å². The molecule has 1 unspecified atom stereocenters. The Balaban J connectivity index is 2.62. The predicted molar refractivity (Wildman–Crippen MR) is 56.4 cm³/mol. The molecule has 1 aromatic rings. The summed E-state index contributed by atoms with van der Waals surface area (Å²) < 4.78 is 0. The largest absolute Gasteiger partial charge is 0.329 e. The van der Waals surface area contributed by atoms with Gasteiger partial charge in [-0.2, -0.15) is 0 Å². The van der Waals surface area contributed by atoms with Crippen molar-refractivity contribution in [1.82, 2.24) is 0 Å². The number of fused-ring (bicyclic) bond motifs is 1. The van der Waals surface area contributed by atoms with E-state index in [0.29, 0.717) is 6.54 Å². The third-order valence-electron chi connectivity index (χ3n) is 2.88. The average molecular weight is 190 g/mol. The van der Waals surface area contributed by atoms with Crippen LogP contribution in [-0.4, -0.2) is 19.5 Å². The van der Waals surface area contributed by atoms with E-state index in [-0.39, 0.29) is 11.8 Å².